The maximum atomic E-state index is 11.6. The fourth-order valence-electron chi connectivity index (χ4n) is 1.97. The van der Waals surface area contributed by atoms with Gasteiger partial charge in [0.05, 0.1) is 5.56 Å². The van der Waals surface area contributed by atoms with Crippen LogP contribution in [-0.4, -0.2) is 48.6 Å². The van der Waals surface area contributed by atoms with Gasteiger partial charge < -0.3 is 4.74 Å². The molecule has 0 atom stereocenters. The largest absolute Gasteiger partial charge is 0.491 e. The molecule has 1 heterocycles. The summed E-state index contributed by atoms with van der Waals surface area (Å²) >= 11 is 1.99. The number of nitrogens with one attached hydrogen (secondary N) is 1. The zero-order valence-corrected chi connectivity index (χ0v) is 11.6. The molecule has 6 heteroatoms. The molecule has 0 unspecified atom stereocenters. The van der Waals surface area contributed by atoms with Crippen LogP contribution >= 0.6 is 11.8 Å². The van der Waals surface area contributed by atoms with E-state index in [0.29, 0.717) is 17.9 Å². The molecule has 0 saturated carbocycles. The summed E-state index contributed by atoms with van der Waals surface area (Å²) in [5.41, 5.74) is 2.60. The standard InChI is InChI=1S/C13H19N3O2S/c14-15-13(17)11-3-1-2-4-12(11)18-8-5-16-6-9-19-10-7-16/h1-4H,5-10,14H2,(H,15,17). The van der Waals surface area contributed by atoms with E-state index >= 15 is 0 Å². The quantitative estimate of drug-likeness (QED) is 0.473. The number of amides is 1. The summed E-state index contributed by atoms with van der Waals surface area (Å²) in [6.45, 7) is 3.69. The third-order valence-electron chi connectivity index (χ3n) is 3.03. The number of hydrazine groups is 1. The Kier molecular flexibility index (Phi) is 5.50. The summed E-state index contributed by atoms with van der Waals surface area (Å²) in [7, 11) is 0. The zero-order chi connectivity index (χ0) is 13.5. The summed E-state index contributed by atoms with van der Waals surface area (Å²) < 4.78 is 5.70. The van der Waals surface area contributed by atoms with Crippen LogP contribution in [0.1, 0.15) is 10.4 Å². The van der Waals surface area contributed by atoms with Gasteiger partial charge in [-0.2, -0.15) is 11.8 Å². The van der Waals surface area contributed by atoms with Crippen molar-refractivity contribution < 1.29 is 9.53 Å². The van der Waals surface area contributed by atoms with Gasteiger partial charge in [-0.1, -0.05) is 12.1 Å². The molecule has 0 aliphatic carbocycles. The lowest BCUT2D eigenvalue weighted by Gasteiger charge is -2.26. The van der Waals surface area contributed by atoms with Gasteiger partial charge in [0.1, 0.15) is 12.4 Å². The molecule has 1 aromatic rings. The van der Waals surface area contributed by atoms with Gasteiger partial charge in [0, 0.05) is 31.1 Å². The Morgan fingerprint density at radius 1 is 1.37 bits per heavy atom. The highest BCUT2D eigenvalue weighted by atomic mass is 32.2. The highest BCUT2D eigenvalue weighted by Gasteiger charge is 2.12. The lowest BCUT2D eigenvalue weighted by atomic mass is 10.2. The lowest BCUT2D eigenvalue weighted by molar-refractivity contribution is 0.0949. The minimum Gasteiger partial charge on any atom is -0.491 e. The van der Waals surface area contributed by atoms with Gasteiger partial charge in [0.15, 0.2) is 0 Å². The van der Waals surface area contributed by atoms with Gasteiger partial charge in [0.25, 0.3) is 5.91 Å². The van der Waals surface area contributed by atoms with Gasteiger partial charge in [-0.15, -0.1) is 0 Å². The molecular weight excluding hydrogens is 262 g/mol. The lowest BCUT2D eigenvalue weighted by Crippen LogP contribution is -2.36. The third kappa shape index (κ3) is 4.12. The second-order valence-electron chi connectivity index (χ2n) is 4.27. The van der Waals surface area contributed by atoms with E-state index < -0.39 is 0 Å². The van der Waals surface area contributed by atoms with Crippen molar-refractivity contribution in [1.29, 1.82) is 0 Å². The van der Waals surface area contributed by atoms with Crippen molar-refractivity contribution in [2.24, 2.45) is 5.84 Å². The number of hydrogen-bond donors (Lipinski definition) is 2. The van der Waals surface area contributed by atoms with Crippen LogP contribution in [0.2, 0.25) is 0 Å². The van der Waals surface area contributed by atoms with Gasteiger partial charge in [-0.05, 0) is 12.1 Å². The second-order valence-corrected chi connectivity index (χ2v) is 5.50. The second kappa shape index (κ2) is 7.37. The molecule has 0 spiro atoms. The Bertz CT molecular complexity index is 422. The fourth-order valence-corrected chi connectivity index (χ4v) is 2.95. The SMILES string of the molecule is NNC(=O)c1ccccc1OCCN1CCSCC1. The summed E-state index contributed by atoms with van der Waals surface area (Å²) in [5.74, 6) is 7.78. The van der Waals surface area contributed by atoms with Crippen LogP contribution in [0.4, 0.5) is 0 Å². The molecule has 2 rings (SSSR count). The van der Waals surface area contributed by atoms with E-state index in [1.807, 2.05) is 17.8 Å². The first kappa shape index (κ1) is 14.2. The average molecular weight is 281 g/mol. The van der Waals surface area contributed by atoms with E-state index in [0.717, 1.165) is 19.6 Å². The van der Waals surface area contributed by atoms with Gasteiger partial charge >= 0.3 is 0 Å². The Labute approximate surface area is 117 Å². The summed E-state index contributed by atoms with van der Waals surface area (Å²) in [6.07, 6.45) is 0. The topological polar surface area (TPSA) is 67.6 Å². The Morgan fingerprint density at radius 3 is 2.84 bits per heavy atom. The first-order chi connectivity index (χ1) is 9.31. The number of nitrogen functional groups attached to an aromatic ring is 1. The number of carbonyl (C=O) groups is 1. The minimum absolute atomic E-state index is 0.329. The van der Waals surface area contributed by atoms with E-state index in [1.54, 1.807) is 18.2 Å². The van der Waals surface area contributed by atoms with Crippen LogP contribution in [0.3, 0.4) is 0 Å². The predicted octanol–water partition coefficient (Wildman–Crippen LogP) is 0.718. The molecule has 1 amide bonds. The van der Waals surface area contributed by atoms with Crippen molar-refractivity contribution in [3.05, 3.63) is 29.8 Å². The number of rotatable bonds is 5. The van der Waals surface area contributed by atoms with E-state index in [2.05, 4.69) is 10.3 Å². The Balaban J connectivity index is 1.86. The van der Waals surface area contributed by atoms with E-state index in [4.69, 9.17) is 10.6 Å². The minimum atomic E-state index is -0.329. The number of ether oxygens (including phenoxy) is 1. The van der Waals surface area contributed by atoms with Crippen molar-refractivity contribution in [2.75, 3.05) is 37.7 Å². The van der Waals surface area contributed by atoms with Crippen LogP contribution in [0, 0.1) is 0 Å². The maximum absolute atomic E-state index is 11.6. The number of nitrogens with two attached hydrogens (primary N) is 1. The molecule has 1 saturated heterocycles. The first-order valence-corrected chi connectivity index (χ1v) is 7.49. The Hall–Kier alpha value is -1.24. The number of benzene rings is 1. The molecule has 1 aliphatic rings. The van der Waals surface area contributed by atoms with Crippen molar-refractivity contribution in [2.45, 2.75) is 0 Å². The molecule has 1 fully saturated rings. The average Bonchev–Trinajstić information content (AvgIpc) is 2.48. The molecule has 0 aromatic heterocycles. The third-order valence-corrected chi connectivity index (χ3v) is 3.97. The summed E-state index contributed by atoms with van der Waals surface area (Å²) in [4.78, 5) is 13.9. The normalized spacial score (nSPS) is 16.1. The summed E-state index contributed by atoms with van der Waals surface area (Å²) in [5, 5.41) is 0. The van der Waals surface area contributed by atoms with Crippen LogP contribution in [0.25, 0.3) is 0 Å². The summed E-state index contributed by atoms with van der Waals surface area (Å²) in [6, 6.07) is 7.13. The maximum Gasteiger partial charge on any atom is 0.268 e. The van der Waals surface area contributed by atoms with E-state index in [9.17, 15) is 4.79 Å². The number of thioether (sulfide) groups is 1. The van der Waals surface area contributed by atoms with Gasteiger partial charge in [0.2, 0.25) is 0 Å². The molecule has 104 valence electrons. The van der Waals surface area contributed by atoms with E-state index in [1.165, 1.54) is 11.5 Å². The molecule has 0 radical (unpaired) electrons. The van der Waals surface area contributed by atoms with Gasteiger partial charge in [-0.25, -0.2) is 5.84 Å². The van der Waals surface area contributed by atoms with Crippen molar-refractivity contribution in [3.63, 3.8) is 0 Å². The molecule has 5 nitrogen and oxygen atoms in total. The smallest absolute Gasteiger partial charge is 0.268 e. The van der Waals surface area contributed by atoms with Crippen LogP contribution in [0.15, 0.2) is 24.3 Å². The predicted molar refractivity (Wildman–Crippen MR) is 77.4 cm³/mol. The van der Waals surface area contributed by atoms with Gasteiger partial charge in [-0.3, -0.25) is 15.1 Å². The zero-order valence-electron chi connectivity index (χ0n) is 10.8. The number of nitrogens with zero attached hydrogens (tertiary/aromatic N) is 1. The van der Waals surface area contributed by atoms with Crippen molar-refractivity contribution in [1.82, 2.24) is 10.3 Å². The first-order valence-electron chi connectivity index (χ1n) is 6.34. The van der Waals surface area contributed by atoms with Crippen LogP contribution in [0.5, 0.6) is 5.75 Å². The highest BCUT2D eigenvalue weighted by Crippen LogP contribution is 2.17. The molecule has 0 bridgehead atoms. The molecule has 1 aromatic carbocycles. The van der Waals surface area contributed by atoms with Crippen LogP contribution in [-0.2, 0) is 0 Å². The van der Waals surface area contributed by atoms with Crippen molar-refractivity contribution >= 4 is 17.7 Å². The number of para-hydroxylation sites is 1. The van der Waals surface area contributed by atoms with Crippen molar-refractivity contribution in [3.8, 4) is 5.75 Å². The highest BCUT2D eigenvalue weighted by molar-refractivity contribution is 7.99. The number of hydrogen-bond acceptors (Lipinski definition) is 5. The molecular formula is C13H19N3O2S. The fraction of sp³-hybridized carbons (Fsp3) is 0.462. The van der Waals surface area contributed by atoms with E-state index in [-0.39, 0.29) is 5.91 Å². The molecule has 19 heavy (non-hydrogen) atoms. The molecule has 3 N–H and O–H groups in total. The van der Waals surface area contributed by atoms with Crippen LogP contribution < -0.4 is 16.0 Å². The molecule has 1 aliphatic heterocycles. The number of carbonyl (C=O) groups excluding carboxylic acids is 1. The Morgan fingerprint density at radius 2 is 2.11 bits per heavy atom. The monoisotopic (exact) mass is 281 g/mol.